The second-order valence-electron chi connectivity index (χ2n) is 7.48. The molecule has 0 amide bonds. The maximum Gasteiger partial charge on any atom is 0.341 e. The first-order valence-corrected chi connectivity index (χ1v) is 8.66. The van der Waals surface area contributed by atoms with Crippen LogP contribution in [0.4, 0.5) is 0 Å². The number of nitrogens with zero attached hydrogens (tertiary/aromatic N) is 3. The lowest BCUT2D eigenvalue weighted by Gasteiger charge is -2.22. The number of para-hydroxylation sites is 1. The van der Waals surface area contributed by atoms with Gasteiger partial charge in [0.05, 0.1) is 23.9 Å². The van der Waals surface area contributed by atoms with Gasteiger partial charge in [0.15, 0.2) is 0 Å². The van der Waals surface area contributed by atoms with Crippen molar-refractivity contribution in [3.63, 3.8) is 0 Å². The Morgan fingerprint density at radius 2 is 2.00 bits per heavy atom. The summed E-state index contributed by atoms with van der Waals surface area (Å²) in [5.74, 6) is 0.201. The number of nitriles is 1. The van der Waals surface area contributed by atoms with Gasteiger partial charge in [-0.1, -0.05) is 18.2 Å². The molecular weight excluding hydrogens is 342 g/mol. The van der Waals surface area contributed by atoms with Crippen LogP contribution in [0, 0.1) is 11.3 Å². The molecule has 3 heterocycles. The molecule has 0 bridgehead atoms. The normalized spacial score (nSPS) is 13.4. The highest BCUT2D eigenvalue weighted by Gasteiger charge is 2.33. The fourth-order valence-electron chi connectivity index (χ4n) is 3.55. The quantitative estimate of drug-likeness (QED) is 0.645. The van der Waals surface area contributed by atoms with Crippen molar-refractivity contribution in [3.05, 3.63) is 47.3 Å². The molecule has 1 aliphatic rings. The lowest BCUT2D eigenvalue weighted by molar-refractivity contribution is 0.0534. The number of hydrogen-bond donors (Lipinski definition) is 0. The molecule has 0 radical (unpaired) electrons. The summed E-state index contributed by atoms with van der Waals surface area (Å²) < 4.78 is 12.8. The van der Waals surface area contributed by atoms with Crippen molar-refractivity contribution >= 4 is 17.0 Å². The molecule has 0 unspecified atom stereocenters. The standard InChI is InChI=1S/C21H19N3O3/c1-21(2,3)24-10-12(9-22)16-17(13-7-5-6-8-15(13)26-4)18-14(23-19(16)24)11-27-20(18)25/h5-8,10H,11H2,1-4H3. The molecule has 0 N–H and O–H groups in total. The van der Waals surface area contributed by atoms with Gasteiger partial charge >= 0.3 is 5.97 Å². The number of carbonyl (C=O) groups excluding carboxylic acids is 1. The van der Waals surface area contributed by atoms with E-state index in [1.807, 2.05) is 49.6 Å². The molecule has 4 rings (SSSR count). The number of pyridine rings is 1. The fourth-order valence-corrected chi connectivity index (χ4v) is 3.55. The molecule has 0 atom stereocenters. The first kappa shape index (κ1) is 17.1. The Labute approximate surface area is 157 Å². The third kappa shape index (κ3) is 2.47. The molecule has 0 spiro atoms. The Balaban J connectivity index is 2.23. The first-order valence-electron chi connectivity index (χ1n) is 8.66. The van der Waals surface area contributed by atoms with E-state index >= 15 is 0 Å². The predicted molar refractivity (Wildman–Crippen MR) is 101 cm³/mol. The predicted octanol–water partition coefficient (Wildman–Crippen LogP) is 4.01. The van der Waals surface area contributed by atoms with Crippen LogP contribution in [0.3, 0.4) is 0 Å². The Hall–Kier alpha value is -3.33. The zero-order valence-corrected chi connectivity index (χ0v) is 15.7. The Morgan fingerprint density at radius 1 is 1.26 bits per heavy atom. The van der Waals surface area contributed by atoms with E-state index in [1.54, 1.807) is 13.3 Å². The van der Waals surface area contributed by atoms with Gasteiger partial charge in [0, 0.05) is 28.2 Å². The molecule has 0 aliphatic carbocycles. The number of ether oxygens (including phenoxy) is 2. The van der Waals surface area contributed by atoms with Gasteiger partial charge in [-0.3, -0.25) is 0 Å². The topological polar surface area (TPSA) is 77.1 Å². The molecule has 0 saturated carbocycles. The summed E-state index contributed by atoms with van der Waals surface area (Å²) in [5, 5.41) is 10.4. The van der Waals surface area contributed by atoms with Crippen molar-refractivity contribution < 1.29 is 14.3 Å². The summed E-state index contributed by atoms with van der Waals surface area (Å²) in [5.41, 5.74) is 3.24. The summed E-state index contributed by atoms with van der Waals surface area (Å²) >= 11 is 0. The van der Waals surface area contributed by atoms with Crippen LogP contribution < -0.4 is 4.74 Å². The van der Waals surface area contributed by atoms with Gasteiger partial charge in [-0.15, -0.1) is 0 Å². The van der Waals surface area contributed by atoms with E-state index in [9.17, 15) is 10.1 Å². The van der Waals surface area contributed by atoms with E-state index in [0.717, 1.165) is 5.56 Å². The number of hydrogen-bond acceptors (Lipinski definition) is 5. The Morgan fingerprint density at radius 3 is 2.67 bits per heavy atom. The zero-order valence-electron chi connectivity index (χ0n) is 15.7. The number of fused-ring (bicyclic) bond motifs is 2. The smallest absolute Gasteiger partial charge is 0.341 e. The first-order chi connectivity index (χ1) is 12.9. The molecule has 1 aliphatic heterocycles. The van der Waals surface area contributed by atoms with E-state index in [2.05, 4.69) is 6.07 Å². The van der Waals surface area contributed by atoms with Crippen molar-refractivity contribution in [2.24, 2.45) is 0 Å². The minimum atomic E-state index is -0.423. The van der Waals surface area contributed by atoms with E-state index in [4.69, 9.17) is 14.5 Å². The average molecular weight is 361 g/mol. The summed E-state index contributed by atoms with van der Waals surface area (Å²) in [7, 11) is 1.58. The third-order valence-corrected chi connectivity index (χ3v) is 4.77. The van der Waals surface area contributed by atoms with E-state index in [1.165, 1.54) is 0 Å². The van der Waals surface area contributed by atoms with Crippen LogP contribution in [0.2, 0.25) is 0 Å². The summed E-state index contributed by atoms with van der Waals surface area (Å²) in [6, 6.07) is 9.73. The number of esters is 1. The van der Waals surface area contributed by atoms with Gasteiger partial charge in [0.1, 0.15) is 24.1 Å². The lowest BCUT2D eigenvalue weighted by Crippen LogP contribution is -2.21. The van der Waals surface area contributed by atoms with Gasteiger partial charge in [0.25, 0.3) is 0 Å². The van der Waals surface area contributed by atoms with Crippen molar-refractivity contribution in [2.75, 3.05) is 7.11 Å². The zero-order chi connectivity index (χ0) is 19.3. The number of rotatable bonds is 2. The molecule has 27 heavy (non-hydrogen) atoms. The van der Waals surface area contributed by atoms with Crippen LogP contribution in [0.15, 0.2) is 30.5 Å². The van der Waals surface area contributed by atoms with Crippen molar-refractivity contribution in [2.45, 2.75) is 32.9 Å². The molecule has 3 aromatic rings. The van der Waals surface area contributed by atoms with Crippen molar-refractivity contribution in [3.8, 4) is 22.9 Å². The number of methoxy groups -OCH3 is 1. The number of benzene rings is 1. The van der Waals surface area contributed by atoms with Crippen LogP contribution in [0.1, 0.15) is 42.4 Å². The molecule has 0 fully saturated rings. The van der Waals surface area contributed by atoms with Crippen LogP contribution in [0.25, 0.3) is 22.2 Å². The second kappa shape index (κ2) is 5.85. The highest BCUT2D eigenvalue weighted by atomic mass is 16.5. The molecule has 2 aromatic heterocycles. The van der Waals surface area contributed by atoms with Gasteiger partial charge in [-0.2, -0.15) is 5.26 Å². The van der Waals surface area contributed by atoms with Crippen LogP contribution in [0.5, 0.6) is 5.75 Å². The SMILES string of the molecule is COc1ccccc1-c1c2c(nc3c1c(C#N)cn3C(C)(C)C)COC2=O. The number of carbonyl (C=O) groups is 1. The molecule has 6 nitrogen and oxygen atoms in total. The van der Waals surface area contributed by atoms with Crippen LogP contribution >= 0.6 is 0 Å². The lowest BCUT2D eigenvalue weighted by atomic mass is 9.94. The number of aromatic nitrogens is 2. The van der Waals surface area contributed by atoms with Gasteiger partial charge in [0.2, 0.25) is 0 Å². The number of cyclic esters (lactones) is 1. The largest absolute Gasteiger partial charge is 0.496 e. The Bertz CT molecular complexity index is 1130. The van der Waals surface area contributed by atoms with Crippen molar-refractivity contribution in [1.29, 1.82) is 5.26 Å². The average Bonchev–Trinajstić information content (AvgIpc) is 3.20. The van der Waals surface area contributed by atoms with Gasteiger partial charge < -0.3 is 14.0 Å². The summed E-state index contributed by atoms with van der Waals surface area (Å²) in [6.07, 6.45) is 1.80. The fraction of sp³-hybridized carbons (Fsp3) is 0.286. The van der Waals surface area contributed by atoms with Gasteiger partial charge in [-0.25, -0.2) is 9.78 Å². The van der Waals surface area contributed by atoms with E-state index in [0.29, 0.717) is 39.2 Å². The summed E-state index contributed by atoms with van der Waals surface area (Å²) in [4.78, 5) is 17.2. The van der Waals surface area contributed by atoms with Crippen molar-refractivity contribution in [1.82, 2.24) is 9.55 Å². The Kier molecular flexibility index (Phi) is 3.70. The second-order valence-corrected chi connectivity index (χ2v) is 7.48. The van der Waals surface area contributed by atoms with E-state index in [-0.39, 0.29) is 12.1 Å². The maximum absolute atomic E-state index is 12.5. The minimum Gasteiger partial charge on any atom is -0.496 e. The molecule has 6 heteroatoms. The molecule has 0 saturated heterocycles. The molecule has 136 valence electrons. The molecule has 1 aromatic carbocycles. The summed E-state index contributed by atoms with van der Waals surface area (Å²) in [6.45, 7) is 6.27. The monoisotopic (exact) mass is 361 g/mol. The van der Waals surface area contributed by atoms with E-state index < -0.39 is 5.97 Å². The van der Waals surface area contributed by atoms with Gasteiger partial charge in [-0.05, 0) is 26.8 Å². The maximum atomic E-state index is 12.5. The van der Waals surface area contributed by atoms with Crippen LogP contribution in [-0.4, -0.2) is 22.6 Å². The van der Waals surface area contributed by atoms with Crippen LogP contribution in [-0.2, 0) is 16.9 Å². The molecular formula is C21H19N3O3. The highest BCUT2D eigenvalue weighted by molar-refractivity contribution is 6.11. The minimum absolute atomic E-state index is 0.128. The highest BCUT2D eigenvalue weighted by Crippen LogP contribution is 2.43. The third-order valence-electron chi connectivity index (χ3n) is 4.77.